The molecule has 1 aliphatic rings. The first-order valence-electron chi connectivity index (χ1n) is 5.29. The second kappa shape index (κ2) is 3.97. The quantitative estimate of drug-likeness (QED) is 0.457. The summed E-state index contributed by atoms with van der Waals surface area (Å²) in [4.78, 5) is 24.1. The first-order valence-corrected chi connectivity index (χ1v) is 6.16. The van der Waals surface area contributed by atoms with Crippen LogP contribution in [-0.4, -0.2) is 21.7 Å². The third-order valence-electron chi connectivity index (χ3n) is 3.00. The number of carbonyl (C=O) groups is 2. The van der Waals surface area contributed by atoms with Crippen LogP contribution in [0.2, 0.25) is 0 Å². The first kappa shape index (κ1) is 11.5. The van der Waals surface area contributed by atoms with Gasteiger partial charge in [-0.05, 0) is 17.5 Å². The van der Waals surface area contributed by atoms with Gasteiger partial charge in [-0.3, -0.25) is 9.59 Å². The zero-order valence-corrected chi connectivity index (χ0v) is 10.6. The smallest absolute Gasteiger partial charge is 0.263 e. The Balaban J connectivity index is 2.39. The lowest BCUT2D eigenvalue weighted by Gasteiger charge is -2.27. The number of hydrogen-bond acceptors (Lipinski definition) is 2. The summed E-state index contributed by atoms with van der Waals surface area (Å²) in [5, 5.41) is 1.52. The molecule has 0 aliphatic carbocycles. The molecule has 1 aliphatic heterocycles. The molecule has 5 heteroatoms. The molecule has 3 nitrogen and oxygen atoms in total. The molecule has 0 bridgehead atoms. The lowest BCUT2D eigenvalue weighted by atomic mass is 9.94. The van der Waals surface area contributed by atoms with E-state index >= 15 is 0 Å². The molecule has 0 fully saturated rings. The molecule has 0 saturated carbocycles. The Kier molecular flexibility index (Phi) is 2.54. The molecule has 0 unspecified atom stereocenters. The van der Waals surface area contributed by atoms with Gasteiger partial charge in [-0.1, -0.05) is 47.5 Å². The standard InChI is InChI=1S/C13H7Cl2NO2/c14-13(15)16-11(17)8-5-1-3-7-4-2-6-9(10(7)8)12(16)18/h1-6,13H. The fourth-order valence-corrected chi connectivity index (χ4v) is 2.58. The summed E-state index contributed by atoms with van der Waals surface area (Å²) in [6.45, 7) is 0. The van der Waals surface area contributed by atoms with Gasteiger partial charge in [0, 0.05) is 16.5 Å². The number of amides is 2. The van der Waals surface area contributed by atoms with E-state index in [2.05, 4.69) is 0 Å². The SMILES string of the molecule is O=C1c2cccc3cccc(c23)C(=O)N1C(Cl)Cl. The van der Waals surface area contributed by atoms with E-state index in [0.29, 0.717) is 16.5 Å². The lowest BCUT2D eigenvalue weighted by molar-refractivity contribution is 0.0623. The topological polar surface area (TPSA) is 37.4 Å². The first-order chi connectivity index (χ1) is 8.61. The third-order valence-corrected chi connectivity index (χ3v) is 3.39. The fraction of sp³-hybridized carbons (Fsp3) is 0.0769. The van der Waals surface area contributed by atoms with Crippen molar-refractivity contribution < 1.29 is 9.59 Å². The van der Waals surface area contributed by atoms with Crippen LogP contribution in [0.4, 0.5) is 0 Å². The summed E-state index contributed by atoms with van der Waals surface area (Å²) in [5.74, 6) is -0.918. The Morgan fingerprint density at radius 2 is 1.39 bits per heavy atom. The molecule has 0 radical (unpaired) electrons. The van der Waals surface area contributed by atoms with Gasteiger partial charge in [0.2, 0.25) is 0 Å². The van der Waals surface area contributed by atoms with E-state index in [1.807, 2.05) is 12.1 Å². The number of imide groups is 1. The Morgan fingerprint density at radius 1 is 0.889 bits per heavy atom. The molecule has 0 N–H and O–H groups in total. The molecule has 2 amide bonds. The largest absolute Gasteiger partial charge is 0.268 e. The second-order valence-corrected chi connectivity index (χ2v) is 5.02. The molecular formula is C13H7Cl2NO2. The molecule has 0 saturated heterocycles. The van der Waals surface area contributed by atoms with E-state index in [4.69, 9.17) is 23.2 Å². The number of nitrogens with zero attached hydrogens (tertiary/aromatic N) is 1. The van der Waals surface area contributed by atoms with Crippen LogP contribution in [-0.2, 0) is 0 Å². The Labute approximate surface area is 113 Å². The molecule has 90 valence electrons. The van der Waals surface area contributed by atoms with Crippen molar-refractivity contribution in [2.24, 2.45) is 0 Å². The van der Waals surface area contributed by atoms with Crippen molar-refractivity contribution >= 4 is 45.8 Å². The number of alkyl halides is 2. The molecule has 0 aromatic heterocycles. The van der Waals surface area contributed by atoms with Crippen molar-refractivity contribution in [1.82, 2.24) is 4.90 Å². The monoisotopic (exact) mass is 279 g/mol. The maximum Gasteiger partial charge on any atom is 0.263 e. The van der Waals surface area contributed by atoms with Gasteiger partial charge in [0.25, 0.3) is 11.8 Å². The number of rotatable bonds is 1. The summed E-state index contributed by atoms with van der Waals surface area (Å²) < 4.78 is 0. The van der Waals surface area contributed by atoms with Crippen LogP contribution in [0.1, 0.15) is 20.7 Å². The highest BCUT2D eigenvalue weighted by Crippen LogP contribution is 2.32. The van der Waals surface area contributed by atoms with Crippen molar-refractivity contribution in [3.05, 3.63) is 47.5 Å². The van der Waals surface area contributed by atoms with Crippen LogP contribution >= 0.6 is 23.2 Å². The van der Waals surface area contributed by atoms with E-state index in [0.717, 1.165) is 10.3 Å². The van der Waals surface area contributed by atoms with Crippen LogP contribution in [0.15, 0.2) is 36.4 Å². The van der Waals surface area contributed by atoms with Gasteiger partial charge in [-0.15, -0.1) is 0 Å². The van der Waals surface area contributed by atoms with Crippen LogP contribution in [0.25, 0.3) is 10.8 Å². The maximum atomic E-state index is 12.2. The van der Waals surface area contributed by atoms with Crippen molar-refractivity contribution in [1.29, 1.82) is 0 Å². The fourth-order valence-electron chi connectivity index (χ4n) is 2.23. The summed E-state index contributed by atoms with van der Waals surface area (Å²) >= 11 is 11.4. The normalized spacial score (nSPS) is 14.7. The number of hydrogen-bond donors (Lipinski definition) is 0. The van der Waals surface area contributed by atoms with E-state index < -0.39 is 16.8 Å². The van der Waals surface area contributed by atoms with Gasteiger partial charge in [-0.2, -0.15) is 0 Å². The minimum Gasteiger partial charge on any atom is -0.268 e. The Bertz CT molecular complexity index is 631. The van der Waals surface area contributed by atoms with Crippen molar-refractivity contribution in [2.45, 2.75) is 4.96 Å². The van der Waals surface area contributed by atoms with E-state index in [1.165, 1.54) is 0 Å². The van der Waals surface area contributed by atoms with Crippen LogP contribution in [0.5, 0.6) is 0 Å². The van der Waals surface area contributed by atoms with Crippen LogP contribution in [0, 0.1) is 0 Å². The van der Waals surface area contributed by atoms with Crippen LogP contribution < -0.4 is 0 Å². The molecule has 2 aromatic rings. The summed E-state index contributed by atoms with van der Waals surface area (Å²) in [5.41, 5.74) is 0.906. The number of benzene rings is 2. The molecule has 1 heterocycles. The summed E-state index contributed by atoms with van der Waals surface area (Å²) in [7, 11) is 0. The van der Waals surface area contributed by atoms with Gasteiger partial charge in [0.05, 0.1) is 0 Å². The van der Waals surface area contributed by atoms with Gasteiger partial charge < -0.3 is 0 Å². The Hall–Kier alpha value is -1.58. The summed E-state index contributed by atoms with van der Waals surface area (Å²) in [6, 6.07) is 10.6. The van der Waals surface area contributed by atoms with Crippen molar-refractivity contribution in [3.8, 4) is 0 Å². The van der Waals surface area contributed by atoms with E-state index in [-0.39, 0.29) is 0 Å². The number of carbonyl (C=O) groups excluding carboxylic acids is 2. The Morgan fingerprint density at radius 3 is 1.83 bits per heavy atom. The van der Waals surface area contributed by atoms with Gasteiger partial charge in [-0.25, -0.2) is 4.90 Å². The average molecular weight is 280 g/mol. The predicted molar refractivity (Wildman–Crippen MR) is 69.9 cm³/mol. The van der Waals surface area contributed by atoms with Crippen LogP contribution in [0.3, 0.4) is 0 Å². The van der Waals surface area contributed by atoms with Crippen molar-refractivity contribution in [2.75, 3.05) is 0 Å². The lowest BCUT2D eigenvalue weighted by Crippen LogP contribution is -2.42. The molecule has 3 rings (SSSR count). The van der Waals surface area contributed by atoms with Crippen molar-refractivity contribution in [3.63, 3.8) is 0 Å². The molecular weight excluding hydrogens is 273 g/mol. The summed E-state index contributed by atoms with van der Waals surface area (Å²) in [6.07, 6.45) is 0. The predicted octanol–water partition coefficient (Wildman–Crippen LogP) is 3.20. The third kappa shape index (κ3) is 1.44. The zero-order chi connectivity index (χ0) is 12.9. The molecule has 0 spiro atoms. The molecule has 2 aromatic carbocycles. The number of halogens is 2. The van der Waals surface area contributed by atoms with E-state index in [1.54, 1.807) is 24.3 Å². The van der Waals surface area contributed by atoms with Gasteiger partial charge in [0.1, 0.15) is 0 Å². The van der Waals surface area contributed by atoms with E-state index in [9.17, 15) is 9.59 Å². The highest BCUT2D eigenvalue weighted by molar-refractivity contribution is 6.47. The highest BCUT2D eigenvalue weighted by atomic mass is 35.5. The average Bonchev–Trinajstić information content (AvgIpc) is 2.35. The molecule has 18 heavy (non-hydrogen) atoms. The minimum absolute atomic E-state index is 0.453. The zero-order valence-electron chi connectivity index (χ0n) is 9.06. The second-order valence-electron chi connectivity index (χ2n) is 3.97. The maximum absolute atomic E-state index is 12.2. The van der Waals surface area contributed by atoms with Gasteiger partial charge >= 0.3 is 0 Å². The minimum atomic E-state index is -1.19. The molecule has 0 atom stereocenters. The highest BCUT2D eigenvalue weighted by Gasteiger charge is 2.35. The van der Waals surface area contributed by atoms with Gasteiger partial charge in [0.15, 0.2) is 4.96 Å².